The molecule has 0 aromatic heterocycles. The smallest absolute Gasteiger partial charge is 0.132 e. The van der Waals surface area contributed by atoms with Crippen molar-refractivity contribution >= 4 is 33.7 Å². The summed E-state index contributed by atoms with van der Waals surface area (Å²) >= 11 is 0. The van der Waals surface area contributed by atoms with E-state index in [0.717, 1.165) is 0 Å². The Bertz CT molecular complexity index is 894. The van der Waals surface area contributed by atoms with E-state index in [1.165, 1.54) is 0 Å². The Labute approximate surface area is 126 Å². The van der Waals surface area contributed by atoms with Gasteiger partial charge in [-0.25, -0.2) is 0 Å². The Morgan fingerprint density at radius 2 is 1.09 bits per heavy atom. The van der Waals surface area contributed by atoms with Gasteiger partial charge in [-0.1, -0.05) is 48.6 Å². The summed E-state index contributed by atoms with van der Waals surface area (Å²) < 4.78 is 0. The number of rotatable bonds is 2. The number of fused-ring (bicyclic) bond motifs is 2. The Morgan fingerprint density at radius 3 is 1.45 bits per heavy atom. The van der Waals surface area contributed by atoms with Crippen molar-refractivity contribution in [2.75, 3.05) is 13.2 Å². The van der Waals surface area contributed by atoms with Crippen LogP contribution in [-0.2, 0) is 0 Å². The van der Waals surface area contributed by atoms with Gasteiger partial charge in [-0.3, -0.25) is 0 Å². The first-order valence-corrected chi connectivity index (χ1v) is 6.96. The summed E-state index contributed by atoms with van der Waals surface area (Å²) in [5, 5.41) is 42.9. The fourth-order valence-electron chi connectivity index (χ4n) is 2.85. The van der Waals surface area contributed by atoms with Gasteiger partial charge in [0.25, 0.3) is 0 Å². The molecule has 3 rings (SSSR count). The Balaban J connectivity index is 2.70. The quantitative estimate of drug-likeness (QED) is 0.419. The summed E-state index contributed by atoms with van der Waals surface area (Å²) in [5.41, 5.74) is 0. The second-order valence-corrected chi connectivity index (χ2v) is 5.01. The Kier molecular flexibility index (Phi) is 3.71. The van der Waals surface area contributed by atoms with Gasteiger partial charge in [-0.2, -0.15) is 0 Å². The fourth-order valence-corrected chi connectivity index (χ4v) is 2.85. The summed E-state index contributed by atoms with van der Waals surface area (Å²) in [7, 11) is 0. The highest BCUT2D eigenvalue weighted by Crippen LogP contribution is 2.38. The summed E-state index contributed by atoms with van der Waals surface area (Å²) in [6.07, 6.45) is 3.14. The van der Waals surface area contributed by atoms with Gasteiger partial charge in [-0.05, 0) is 10.4 Å². The first kappa shape index (κ1) is 14.4. The molecule has 0 radical (unpaired) electrons. The van der Waals surface area contributed by atoms with Crippen LogP contribution in [0.4, 0.5) is 0 Å². The SMILES string of the molecule is OC/C=c1\cc/c(=C\CO)c2c(O)c3ccccc3c(O)c12. The summed E-state index contributed by atoms with van der Waals surface area (Å²) in [6, 6.07) is 10.5. The molecule has 0 aliphatic rings. The minimum Gasteiger partial charge on any atom is -0.507 e. The third-order valence-corrected chi connectivity index (χ3v) is 3.80. The average molecular weight is 296 g/mol. The van der Waals surface area contributed by atoms with Gasteiger partial charge >= 0.3 is 0 Å². The molecule has 0 saturated carbocycles. The lowest BCUT2D eigenvalue weighted by Crippen LogP contribution is -2.13. The minimum absolute atomic E-state index is 0.0521. The van der Waals surface area contributed by atoms with Crippen LogP contribution in [0, 0.1) is 0 Å². The number of hydrogen-bond donors (Lipinski definition) is 4. The van der Waals surface area contributed by atoms with Crippen LogP contribution >= 0.6 is 0 Å². The van der Waals surface area contributed by atoms with Crippen molar-refractivity contribution in [2.45, 2.75) is 0 Å². The van der Waals surface area contributed by atoms with Crippen LogP contribution in [0.25, 0.3) is 33.7 Å². The van der Waals surface area contributed by atoms with Crippen LogP contribution < -0.4 is 10.4 Å². The van der Waals surface area contributed by atoms with Gasteiger partial charge in [0.1, 0.15) is 11.5 Å². The molecule has 0 atom stereocenters. The standard InChI is InChI=1S/C18H16O4/c19-9-7-11-5-6-12(8-10-20)16-15(11)17(21)13-3-1-2-4-14(13)18(16)22/h1-8,19-22H,9-10H2/b11-7+,12-8+. The molecule has 0 bridgehead atoms. The van der Waals surface area contributed by atoms with Crippen LogP contribution in [0.5, 0.6) is 11.5 Å². The molecule has 0 amide bonds. The molecule has 0 unspecified atom stereocenters. The highest BCUT2D eigenvalue weighted by atomic mass is 16.3. The lowest BCUT2D eigenvalue weighted by atomic mass is 9.97. The van der Waals surface area contributed by atoms with Gasteiger partial charge in [0, 0.05) is 21.5 Å². The van der Waals surface area contributed by atoms with E-state index in [-0.39, 0.29) is 24.7 Å². The minimum atomic E-state index is -0.175. The highest BCUT2D eigenvalue weighted by molar-refractivity contribution is 6.11. The van der Waals surface area contributed by atoms with Gasteiger partial charge in [0.15, 0.2) is 0 Å². The average Bonchev–Trinajstić information content (AvgIpc) is 2.54. The monoisotopic (exact) mass is 296 g/mol. The van der Waals surface area contributed by atoms with Gasteiger partial charge in [0.05, 0.1) is 13.2 Å². The molecule has 4 heteroatoms. The number of benzene rings is 3. The predicted octanol–water partition coefficient (Wildman–Crippen LogP) is 0.950. The van der Waals surface area contributed by atoms with E-state index < -0.39 is 0 Å². The first-order chi connectivity index (χ1) is 10.7. The maximum absolute atomic E-state index is 10.6. The third kappa shape index (κ3) is 2.09. The Morgan fingerprint density at radius 1 is 0.682 bits per heavy atom. The van der Waals surface area contributed by atoms with Crippen molar-refractivity contribution < 1.29 is 20.4 Å². The van der Waals surface area contributed by atoms with Gasteiger partial charge < -0.3 is 20.4 Å². The zero-order chi connectivity index (χ0) is 15.7. The number of aromatic hydroxyl groups is 2. The van der Waals surface area contributed by atoms with Crippen molar-refractivity contribution in [3.63, 3.8) is 0 Å². The summed E-state index contributed by atoms with van der Waals surface area (Å²) in [4.78, 5) is 0. The largest absolute Gasteiger partial charge is 0.507 e. The third-order valence-electron chi connectivity index (χ3n) is 3.80. The molecule has 0 aliphatic heterocycles. The topological polar surface area (TPSA) is 80.9 Å². The van der Waals surface area contributed by atoms with Crippen molar-refractivity contribution in [1.82, 2.24) is 0 Å². The maximum Gasteiger partial charge on any atom is 0.132 e. The van der Waals surface area contributed by atoms with E-state index in [1.54, 1.807) is 48.6 Å². The molecule has 0 aliphatic carbocycles. The fraction of sp³-hybridized carbons (Fsp3) is 0.111. The van der Waals surface area contributed by atoms with E-state index in [2.05, 4.69) is 0 Å². The maximum atomic E-state index is 10.6. The predicted molar refractivity (Wildman–Crippen MR) is 87.1 cm³/mol. The van der Waals surface area contributed by atoms with Crippen LogP contribution in [0.15, 0.2) is 36.4 Å². The molecule has 3 aromatic carbocycles. The van der Waals surface area contributed by atoms with Crippen molar-refractivity contribution in [3.8, 4) is 11.5 Å². The van der Waals surface area contributed by atoms with E-state index in [9.17, 15) is 20.4 Å². The molecule has 0 fully saturated rings. The molecule has 0 saturated heterocycles. The molecule has 22 heavy (non-hydrogen) atoms. The molecule has 0 heterocycles. The van der Waals surface area contributed by atoms with E-state index in [4.69, 9.17) is 0 Å². The molecule has 3 aromatic rings. The first-order valence-electron chi connectivity index (χ1n) is 6.96. The zero-order valence-electron chi connectivity index (χ0n) is 11.8. The lowest BCUT2D eigenvalue weighted by Gasteiger charge is -2.11. The Hall–Kier alpha value is -2.56. The normalized spacial score (nSPS) is 13.4. The molecule has 112 valence electrons. The molecule has 0 spiro atoms. The molecular formula is C18H16O4. The number of phenols is 2. The number of aliphatic hydroxyl groups is 2. The molecular weight excluding hydrogens is 280 g/mol. The summed E-state index contributed by atoms with van der Waals surface area (Å²) in [5.74, 6) is 0.104. The van der Waals surface area contributed by atoms with Crippen molar-refractivity contribution in [2.24, 2.45) is 0 Å². The van der Waals surface area contributed by atoms with E-state index in [1.807, 2.05) is 0 Å². The van der Waals surface area contributed by atoms with Crippen molar-refractivity contribution in [1.29, 1.82) is 0 Å². The highest BCUT2D eigenvalue weighted by Gasteiger charge is 2.14. The molecule has 4 N–H and O–H groups in total. The second-order valence-electron chi connectivity index (χ2n) is 5.01. The second kappa shape index (κ2) is 5.67. The molecule has 4 nitrogen and oxygen atoms in total. The van der Waals surface area contributed by atoms with Crippen LogP contribution in [-0.4, -0.2) is 33.6 Å². The van der Waals surface area contributed by atoms with E-state index in [0.29, 0.717) is 32.0 Å². The zero-order valence-corrected chi connectivity index (χ0v) is 11.8. The van der Waals surface area contributed by atoms with E-state index >= 15 is 0 Å². The van der Waals surface area contributed by atoms with Crippen LogP contribution in [0.2, 0.25) is 0 Å². The van der Waals surface area contributed by atoms with Gasteiger partial charge in [0.2, 0.25) is 0 Å². The van der Waals surface area contributed by atoms with Crippen LogP contribution in [0.3, 0.4) is 0 Å². The number of hydrogen-bond acceptors (Lipinski definition) is 4. The summed E-state index contributed by atoms with van der Waals surface area (Å²) in [6.45, 7) is -0.351. The lowest BCUT2D eigenvalue weighted by molar-refractivity contribution is 0.354. The number of phenolic OH excluding ortho intramolecular Hbond substituents is 2. The van der Waals surface area contributed by atoms with Crippen molar-refractivity contribution in [3.05, 3.63) is 46.8 Å². The van der Waals surface area contributed by atoms with Gasteiger partial charge in [-0.15, -0.1) is 0 Å². The van der Waals surface area contributed by atoms with Crippen LogP contribution in [0.1, 0.15) is 0 Å². The number of aliphatic hydroxyl groups excluding tert-OH is 2.